The summed E-state index contributed by atoms with van der Waals surface area (Å²) in [5.74, 6) is 0.640. The smallest absolute Gasteiger partial charge is 0.338 e. The minimum Gasteiger partial charge on any atom is -0.466 e. The quantitative estimate of drug-likeness (QED) is 0.445. The van der Waals surface area contributed by atoms with Crippen molar-refractivity contribution in [2.45, 2.75) is 26.8 Å². The number of carbonyl (C=O) groups excluding carboxylic acids is 2. The normalized spacial score (nSPS) is 15.9. The van der Waals surface area contributed by atoms with Crippen LogP contribution in [0.4, 0.5) is 0 Å². The Bertz CT molecular complexity index is 1420. The molecular formula is C23H20N2O6S. The molecule has 0 bridgehead atoms. The summed E-state index contributed by atoms with van der Waals surface area (Å²) in [6, 6.07) is 9.49. The molecule has 0 saturated carbocycles. The molecule has 1 unspecified atom stereocenters. The fraction of sp³-hybridized carbons (Fsp3) is 0.217. The van der Waals surface area contributed by atoms with Crippen LogP contribution in [-0.2, 0) is 14.3 Å². The van der Waals surface area contributed by atoms with Crippen LogP contribution in [0.1, 0.15) is 37.0 Å². The third-order valence-electron chi connectivity index (χ3n) is 4.92. The number of nitrogens with zero attached hydrogens (tertiary/aromatic N) is 2. The van der Waals surface area contributed by atoms with E-state index in [-0.39, 0.29) is 11.1 Å². The fourth-order valence-corrected chi connectivity index (χ4v) is 4.58. The summed E-state index contributed by atoms with van der Waals surface area (Å²) in [5, 5.41) is 0. The first kappa shape index (κ1) is 21.5. The second-order valence-electron chi connectivity index (χ2n) is 7.18. The highest BCUT2D eigenvalue weighted by Crippen LogP contribution is 2.31. The fourth-order valence-electron chi connectivity index (χ4n) is 3.55. The van der Waals surface area contributed by atoms with Crippen molar-refractivity contribution in [3.63, 3.8) is 0 Å². The standard InChI is InChI=1S/C23H20N2O6S/c1-12-5-8-17(30-12)11-18-21(27)25-20(15-6-9-16(10-7-15)31-14(3)26)19(22(28)29-4)13(2)24-23(25)32-18/h5-11,20H,1-4H3/b18-11+. The van der Waals surface area contributed by atoms with Crippen LogP contribution in [0.15, 0.2) is 61.9 Å². The molecule has 1 aliphatic rings. The van der Waals surface area contributed by atoms with Crippen molar-refractivity contribution in [2.75, 3.05) is 7.11 Å². The molecule has 0 spiro atoms. The van der Waals surface area contributed by atoms with E-state index in [0.717, 1.165) is 5.76 Å². The van der Waals surface area contributed by atoms with Gasteiger partial charge in [-0.05, 0) is 43.7 Å². The Morgan fingerprint density at radius 1 is 1.16 bits per heavy atom. The third kappa shape index (κ3) is 3.94. The van der Waals surface area contributed by atoms with Gasteiger partial charge in [0.15, 0.2) is 4.80 Å². The number of furan rings is 1. The zero-order valence-corrected chi connectivity index (χ0v) is 18.7. The molecular weight excluding hydrogens is 432 g/mol. The van der Waals surface area contributed by atoms with Crippen molar-refractivity contribution in [1.82, 2.24) is 4.57 Å². The highest BCUT2D eigenvalue weighted by atomic mass is 32.1. The van der Waals surface area contributed by atoms with E-state index in [2.05, 4.69) is 4.99 Å². The number of fused-ring (bicyclic) bond motifs is 1. The van der Waals surface area contributed by atoms with Gasteiger partial charge in [0.1, 0.15) is 17.3 Å². The van der Waals surface area contributed by atoms with E-state index in [1.165, 1.54) is 29.9 Å². The zero-order chi connectivity index (χ0) is 23.0. The molecule has 0 fully saturated rings. The lowest BCUT2D eigenvalue weighted by atomic mass is 9.96. The number of esters is 2. The van der Waals surface area contributed by atoms with Gasteiger partial charge in [0.25, 0.3) is 5.56 Å². The van der Waals surface area contributed by atoms with Crippen LogP contribution >= 0.6 is 11.3 Å². The monoisotopic (exact) mass is 452 g/mol. The largest absolute Gasteiger partial charge is 0.466 e. The molecule has 4 rings (SSSR count). The average Bonchev–Trinajstić information content (AvgIpc) is 3.29. The molecule has 0 N–H and O–H groups in total. The molecule has 0 radical (unpaired) electrons. The van der Waals surface area contributed by atoms with Gasteiger partial charge in [-0.2, -0.15) is 0 Å². The number of thiazole rings is 1. The van der Waals surface area contributed by atoms with E-state index < -0.39 is 18.0 Å². The zero-order valence-electron chi connectivity index (χ0n) is 17.9. The third-order valence-corrected chi connectivity index (χ3v) is 5.90. The van der Waals surface area contributed by atoms with Gasteiger partial charge in [-0.3, -0.25) is 14.2 Å². The maximum absolute atomic E-state index is 13.4. The average molecular weight is 452 g/mol. The first-order chi connectivity index (χ1) is 15.3. The SMILES string of the molecule is COC(=O)C1=C(C)N=c2s/c(=C/c3ccc(C)o3)c(=O)n2C1c1ccc(OC(C)=O)cc1. The first-order valence-corrected chi connectivity index (χ1v) is 10.6. The number of carbonyl (C=O) groups is 2. The van der Waals surface area contributed by atoms with Gasteiger partial charge in [0.05, 0.1) is 29.0 Å². The molecule has 8 nitrogen and oxygen atoms in total. The molecule has 1 atom stereocenters. The summed E-state index contributed by atoms with van der Waals surface area (Å²) in [6.07, 6.45) is 1.66. The number of aryl methyl sites for hydroxylation is 1. The second kappa shape index (κ2) is 8.43. The van der Waals surface area contributed by atoms with Crippen LogP contribution in [0.25, 0.3) is 6.08 Å². The number of benzene rings is 1. The van der Waals surface area contributed by atoms with Crippen LogP contribution in [0, 0.1) is 6.92 Å². The molecule has 3 aromatic rings. The molecule has 3 heterocycles. The maximum atomic E-state index is 13.4. The lowest BCUT2D eigenvalue weighted by Crippen LogP contribution is -2.39. The van der Waals surface area contributed by atoms with Gasteiger partial charge in [-0.1, -0.05) is 23.5 Å². The number of hydrogen-bond acceptors (Lipinski definition) is 8. The molecule has 0 saturated heterocycles. The summed E-state index contributed by atoms with van der Waals surface area (Å²) in [4.78, 5) is 42.2. The molecule has 2 aromatic heterocycles. The Balaban J connectivity index is 1.91. The molecule has 1 aliphatic heterocycles. The summed E-state index contributed by atoms with van der Waals surface area (Å²) in [6.45, 7) is 4.84. The lowest BCUT2D eigenvalue weighted by molar-refractivity contribution is -0.136. The van der Waals surface area contributed by atoms with Gasteiger partial charge in [0, 0.05) is 13.0 Å². The van der Waals surface area contributed by atoms with Crippen LogP contribution in [0.3, 0.4) is 0 Å². The van der Waals surface area contributed by atoms with Gasteiger partial charge < -0.3 is 13.9 Å². The van der Waals surface area contributed by atoms with Crippen molar-refractivity contribution in [1.29, 1.82) is 0 Å². The number of rotatable bonds is 4. The van der Waals surface area contributed by atoms with Gasteiger partial charge in [-0.15, -0.1) is 0 Å². The number of allylic oxidation sites excluding steroid dienone is 1. The minimum absolute atomic E-state index is 0.264. The highest BCUT2D eigenvalue weighted by Gasteiger charge is 2.33. The van der Waals surface area contributed by atoms with Gasteiger partial charge in [-0.25, -0.2) is 9.79 Å². The summed E-state index contributed by atoms with van der Waals surface area (Å²) >= 11 is 1.21. The first-order valence-electron chi connectivity index (χ1n) is 9.74. The number of aromatic nitrogens is 1. The van der Waals surface area contributed by atoms with E-state index >= 15 is 0 Å². The van der Waals surface area contributed by atoms with E-state index in [0.29, 0.717) is 32.1 Å². The van der Waals surface area contributed by atoms with Crippen molar-refractivity contribution >= 4 is 29.4 Å². The van der Waals surface area contributed by atoms with Crippen LogP contribution < -0.4 is 19.6 Å². The molecule has 0 aliphatic carbocycles. The summed E-state index contributed by atoms with van der Waals surface area (Å²) < 4.78 is 17.6. The van der Waals surface area contributed by atoms with Crippen LogP contribution in [0.2, 0.25) is 0 Å². The Morgan fingerprint density at radius 2 is 1.88 bits per heavy atom. The minimum atomic E-state index is -0.745. The van der Waals surface area contributed by atoms with Crippen molar-refractivity contribution in [2.24, 2.45) is 4.99 Å². The molecule has 164 valence electrons. The molecule has 32 heavy (non-hydrogen) atoms. The number of methoxy groups -OCH3 is 1. The second-order valence-corrected chi connectivity index (χ2v) is 8.19. The molecule has 1 aromatic carbocycles. The predicted octanol–water partition coefficient (Wildman–Crippen LogP) is 2.23. The molecule has 0 amide bonds. The Hall–Kier alpha value is -3.72. The summed E-state index contributed by atoms with van der Waals surface area (Å²) in [5.41, 5.74) is 1.08. The van der Waals surface area contributed by atoms with Crippen LogP contribution in [-0.4, -0.2) is 23.6 Å². The number of hydrogen-bond donors (Lipinski definition) is 0. The Labute approximate surface area is 186 Å². The number of ether oxygens (including phenoxy) is 2. The van der Waals surface area contributed by atoms with Gasteiger partial charge in [0.2, 0.25) is 0 Å². The van der Waals surface area contributed by atoms with Gasteiger partial charge >= 0.3 is 11.9 Å². The Kier molecular flexibility index (Phi) is 5.67. The summed E-state index contributed by atoms with van der Waals surface area (Å²) in [7, 11) is 1.29. The Morgan fingerprint density at radius 3 is 2.47 bits per heavy atom. The van der Waals surface area contributed by atoms with Crippen molar-refractivity contribution in [3.05, 3.63) is 84.4 Å². The van der Waals surface area contributed by atoms with E-state index in [4.69, 9.17) is 13.9 Å². The maximum Gasteiger partial charge on any atom is 0.338 e. The van der Waals surface area contributed by atoms with Crippen LogP contribution in [0.5, 0.6) is 5.75 Å². The van der Waals surface area contributed by atoms with E-state index in [1.54, 1.807) is 43.3 Å². The van der Waals surface area contributed by atoms with E-state index in [1.807, 2.05) is 13.0 Å². The molecule has 9 heteroatoms. The highest BCUT2D eigenvalue weighted by molar-refractivity contribution is 7.07. The van der Waals surface area contributed by atoms with Crippen molar-refractivity contribution in [3.8, 4) is 5.75 Å². The lowest BCUT2D eigenvalue weighted by Gasteiger charge is -2.24. The predicted molar refractivity (Wildman–Crippen MR) is 117 cm³/mol. The van der Waals surface area contributed by atoms with E-state index in [9.17, 15) is 14.4 Å². The topological polar surface area (TPSA) is 100 Å². The van der Waals surface area contributed by atoms with Crippen molar-refractivity contribution < 1.29 is 23.5 Å².